The monoisotopic (exact) mass is 724 g/mol. The standard InChI is InChI=1S/C27H48O20S/c1-2-3-41-24-21(17(37)13(33)8(4-28)42-24)46-25-22(18(38)14(34)9(5-29)43-25)47-26-23(19(39)15(35)10(6-30)44-26)48-27-20(40)16(36)12(32)11(7-31)45-27/h8-40H,2-7H2,1H3/t8-,9-,10-,11-,12-,13-,14-,15-,16+,17+,18+,19+,20+,21+,22+,23+,24-,25+,26+,27+/m1/s1. The van der Waals surface area contributed by atoms with Crippen molar-refractivity contribution in [2.75, 3.05) is 33.0 Å². The largest absolute Gasteiger partial charge is 0.394 e. The van der Waals surface area contributed by atoms with Crippen LogP contribution in [0.1, 0.15) is 13.3 Å². The first-order valence-electron chi connectivity index (χ1n) is 15.6. The lowest BCUT2D eigenvalue weighted by Crippen LogP contribution is -2.67. The molecule has 4 aliphatic heterocycles. The molecule has 0 aromatic rings. The summed E-state index contributed by atoms with van der Waals surface area (Å²) in [5.74, 6) is 0. The average Bonchev–Trinajstić information content (AvgIpc) is 3.08. The van der Waals surface area contributed by atoms with Crippen LogP contribution >= 0.6 is 11.8 Å². The minimum Gasteiger partial charge on any atom is -0.394 e. The Labute approximate surface area is 278 Å². The summed E-state index contributed by atoms with van der Waals surface area (Å²) in [5, 5.41) is 134. The number of aliphatic hydroxyl groups is 13. The van der Waals surface area contributed by atoms with Crippen molar-refractivity contribution in [3.8, 4) is 0 Å². The van der Waals surface area contributed by atoms with Gasteiger partial charge in [0, 0.05) is 6.61 Å². The van der Waals surface area contributed by atoms with Gasteiger partial charge in [-0.05, 0) is 6.42 Å². The van der Waals surface area contributed by atoms with Crippen LogP contribution in [0.15, 0.2) is 0 Å². The third-order valence-electron chi connectivity index (χ3n) is 8.68. The number of hydrogen-bond donors (Lipinski definition) is 13. The van der Waals surface area contributed by atoms with Crippen molar-refractivity contribution in [1.82, 2.24) is 0 Å². The number of ether oxygens (including phenoxy) is 7. The lowest BCUT2D eigenvalue weighted by molar-refractivity contribution is -0.385. The molecule has 0 amide bonds. The maximum atomic E-state index is 11.2. The van der Waals surface area contributed by atoms with Gasteiger partial charge in [0.1, 0.15) is 90.9 Å². The zero-order valence-corrected chi connectivity index (χ0v) is 26.7. The van der Waals surface area contributed by atoms with E-state index in [1.165, 1.54) is 0 Å². The summed E-state index contributed by atoms with van der Waals surface area (Å²) in [6.45, 7) is -1.24. The Kier molecular flexibility index (Phi) is 15.0. The second-order valence-electron chi connectivity index (χ2n) is 12.0. The normalized spacial score (nSPS) is 50.4. The van der Waals surface area contributed by atoms with E-state index >= 15 is 0 Å². The number of hydrogen-bond acceptors (Lipinski definition) is 21. The fourth-order valence-corrected chi connectivity index (χ4v) is 7.25. The van der Waals surface area contributed by atoms with E-state index in [4.69, 9.17) is 33.2 Å². The van der Waals surface area contributed by atoms with E-state index in [9.17, 15) is 66.4 Å². The molecule has 282 valence electrons. The highest BCUT2D eigenvalue weighted by atomic mass is 32.2. The van der Waals surface area contributed by atoms with Gasteiger partial charge in [-0.2, -0.15) is 0 Å². The predicted molar refractivity (Wildman–Crippen MR) is 154 cm³/mol. The number of aliphatic hydroxyl groups excluding tert-OH is 13. The van der Waals surface area contributed by atoms with Crippen molar-refractivity contribution < 1.29 is 99.5 Å². The van der Waals surface area contributed by atoms with Crippen LogP contribution in [0.25, 0.3) is 0 Å². The third kappa shape index (κ3) is 8.43. The van der Waals surface area contributed by atoms with E-state index in [0.29, 0.717) is 18.2 Å². The fourth-order valence-electron chi connectivity index (χ4n) is 5.84. The Balaban J connectivity index is 1.64. The van der Waals surface area contributed by atoms with Gasteiger partial charge in [-0.3, -0.25) is 0 Å². The SMILES string of the molecule is CCCO[C@@H]1O[C@H](CO)[C@@H](O)[C@H](O)[C@@H]1O[C@@H]1O[C@H](CO)[C@@H](O)[C@H](O)[C@@H]1O[C@@H]1O[C@H](CO)[C@@H](O)[C@H](O)[C@@H]1S[C@@H]1O[C@H](CO)[C@@H](O)[C@H](O)[C@@H]1O. The molecule has 0 radical (unpaired) electrons. The lowest BCUT2D eigenvalue weighted by Gasteiger charge is -2.49. The molecule has 0 bridgehead atoms. The van der Waals surface area contributed by atoms with Crippen LogP contribution in [0.3, 0.4) is 0 Å². The van der Waals surface area contributed by atoms with Gasteiger partial charge in [0.05, 0.1) is 37.8 Å². The van der Waals surface area contributed by atoms with Crippen molar-refractivity contribution in [2.24, 2.45) is 0 Å². The zero-order valence-electron chi connectivity index (χ0n) is 25.9. The summed E-state index contributed by atoms with van der Waals surface area (Å²) in [4.78, 5) is 0. The molecule has 20 nitrogen and oxygen atoms in total. The predicted octanol–water partition coefficient (Wildman–Crippen LogP) is -7.60. The van der Waals surface area contributed by atoms with Crippen LogP contribution in [0.4, 0.5) is 0 Å². The van der Waals surface area contributed by atoms with Gasteiger partial charge in [-0.25, -0.2) is 0 Å². The van der Waals surface area contributed by atoms with E-state index in [1.807, 2.05) is 0 Å². The highest BCUT2D eigenvalue weighted by Gasteiger charge is 2.55. The quantitative estimate of drug-likeness (QED) is 0.0839. The maximum Gasteiger partial charge on any atom is 0.187 e. The van der Waals surface area contributed by atoms with Crippen LogP contribution < -0.4 is 0 Å². The minimum atomic E-state index is -1.94. The van der Waals surface area contributed by atoms with Crippen molar-refractivity contribution in [1.29, 1.82) is 0 Å². The summed E-state index contributed by atoms with van der Waals surface area (Å²) >= 11 is 0.554. The van der Waals surface area contributed by atoms with E-state index in [0.717, 1.165) is 0 Å². The molecule has 13 N–H and O–H groups in total. The van der Waals surface area contributed by atoms with Crippen LogP contribution in [0, 0.1) is 0 Å². The van der Waals surface area contributed by atoms with Crippen LogP contribution in [0.5, 0.6) is 0 Å². The Bertz CT molecular complexity index is 970. The second kappa shape index (κ2) is 17.9. The third-order valence-corrected chi connectivity index (χ3v) is 10.2. The molecule has 0 unspecified atom stereocenters. The summed E-state index contributed by atoms with van der Waals surface area (Å²) in [6.07, 6.45) is -29.4. The molecule has 21 heteroatoms. The molecule has 0 saturated carbocycles. The van der Waals surface area contributed by atoms with Crippen molar-refractivity contribution in [3.63, 3.8) is 0 Å². The molecule has 48 heavy (non-hydrogen) atoms. The summed E-state index contributed by atoms with van der Waals surface area (Å²) in [7, 11) is 0. The topological polar surface area (TPSA) is 328 Å². The molecule has 4 saturated heterocycles. The number of thioether (sulfide) groups is 1. The Morgan fingerprint density at radius 2 is 0.896 bits per heavy atom. The van der Waals surface area contributed by atoms with Crippen LogP contribution in [-0.2, 0) is 33.2 Å². The molecule has 4 fully saturated rings. The minimum absolute atomic E-state index is 0.0904. The highest BCUT2D eigenvalue weighted by molar-refractivity contribution is 8.00. The van der Waals surface area contributed by atoms with Gasteiger partial charge in [0.2, 0.25) is 0 Å². The Morgan fingerprint density at radius 1 is 0.479 bits per heavy atom. The maximum absolute atomic E-state index is 11.2. The molecule has 20 atom stereocenters. The lowest BCUT2D eigenvalue weighted by atomic mass is 9.96. The van der Waals surface area contributed by atoms with E-state index in [2.05, 4.69) is 0 Å². The van der Waals surface area contributed by atoms with Crippen molar-refractivity contribution in [2.45, 2.75) is 134 Å². The summed E-state index contributed by atoms with van der Waals surface area (Å²) < 4.78 is 40.0. The van der Waals surface area contributed by atoms with Crippen LogP contribution in [-0.4, -0.2) is 221 Å². The van der Waals surface area contributed by atoms with Crippen molar-refractivity contribution >= 4 is 11.8 Å². The Morgan fingerprint density at radius 3 is 1.42 bits per heavy atom. The fraction of sp³-hybridized carbons (Fsp3) is 1.00. The van der Waals surface area contributed by atoms with Crippen LogP contribution in [0.2, 0.25) is 0 Å². The molecule has 0 aromatic carbocycles. The molecule has 0 aromatic heterocycles. The average molecular weight is 725 g/mol. The first-order valence-corrected chi connectivity index (χ1v) is 16.5. The van der Waals surface area contributed by atoms with Gasteiger partial charge in [0.25, 0.3) is 0 Å². The van der Waals surface area contributed by atoms with Gasteiger partial charge in [0.15, 0.2) is 18.9 Å². The molecule has 4 heterocycles. The molecule has 4 rings (SSSR count). The molecular weight excluding hydrogens is 676 g/mol. The van der Waals surface area contributed by atoms with E-state index < -0.39 is 148 Å². The van der Waals surface area contributed by atoms with E-state index in [1.54, 1.807) is 6.92 Å². The summed E-state index contributed by atoms with van der Waals surface area (Å²) in [5.41, 5.74) is -1.47. The summed E-state index contributed by atoms with van der Waals surface area (Å²) in [6, 6.07) is 0. The first-order chi connectivity index (χ1) is 22.8. The van der Waals surface area contributed by atoms with E-state index in [-0.39, 0.29) is 6.61 Å². The first kappa shape index (κ1) is 40.3. The Hall–Kier alpha value is -0.450. The molecule has 0 aliphatic carbocycles. The molecule has 0 spiro atoms. The molecular formula is C27H48O20S. The smallest absolute Gasteiger partial charge is 0.187 e. The zero-order chi connectivity index (χ0) is 35.4. The number of rotatable bonds is 13. The molecule has 4 aliphatic rings. The van der Waals surface area contributed by atoms with Gasteiger partial charge >= 0.3 is 0 Å². The highest BCUT2D eigenvalue weighted by Crippen LogP contribution is 2.40. The van der Waals surface area contributed by atoms with Gasteiger partial charge in [-0.1, -0.05) is 6.92 Å². The van der Waals surface area contributed by atoms with Gasteiger partial charge < -0.3 is 99.5 Å². The van der Waals surface area contributed by atoms with Gasteiger partial charge in [-0.15, -0.1) is 11.8 Å². The second-order valence-corrected chi connectivity index (χ2v) is 13.3. The van der Waals surface area contributed by atoms with Crippen molar-refractivity contribution in [3.05, 3.63) is 0 Å².